The van der Waals surface area contributed by atoms with Crippen LogP contribution in [0.25, 0.3) is 10.8 Å². The van der Waals surface area contributed by atoms with Crippen LogP contribution in [-0.4, -0.2) is 23.5 Å². The number of carbonyl (C=O) groups is 2. The van der Waals surface area contributed by atoms with Gasteiger partial charge in [0.15, 0.2) is 0 Å². The molecule has 0 atom stereocenters. The van der Waals surface area contributed by atoms with Gasteiger partial charge in [-0.3, -0.25) is 9.59 Å². The number of ether oxygens (including phenoxy) is 1. The van der Waals surface area contributed by atoms with Gasteiger partial charge in [-0.05, 0) is 30.9 Å². The molecule has 150 valence electrons. The van der Waals surface area contributed by atoms with Crippen molar-refractivity contribution >= 4 is 34.8 Å². The van der Waals surface area contributed by atoms with Crippen molar-refractivity contribution in [2.45, 2.75) is 31.9 Å². The molecule has 1 saturated carbocycles. The third-order valence-corrected chi connectivity index (χ3v) is 5.17. The summed E-state index contributed by atoms with van der Waals surface area (Å²) in [4.78, 5) is 21.2. The first-order valence-electron chi connectivity index (χ1n) is 9.40. The quantitative estimate of drug-likeness (QED) is 0.575. The summed E-state index contributed by atoms with van der Waals surface area (Å²) in [6, 6.07) is 19.7. The average molecular weight is 412 g/mol. The normalized spacial score (nSPS) is 13.0. The summed E-state index contributed by atoms with van der Waals surface area (Å²) < 4.78 is 6.13. The van der Waals surface area contributed by atoms with E-state index < -0.39 is 0 Å². The predicted molar refractivity (Wildman–Crippen MR) is 114 cm³/mol. The van der Waals surface area contributed by atoms with Crippen LogP contribution < -0.4 is 10.1 Å². The van der Waals surface area contributed by atoms with E-state index in [1.807, 2.05) is 54.6 Å². The molecule has 1 aliphatic carbocycles. The monoisotopic (exact) mass is 411 g/mol. The van der Waals surface area contributed by atoms with E-state index in [0.717, 1.165) is 29.2 Å². The number of amides is 1. The number of nitrogens with one attached hydrogen (secondary N) is 1. The van der Waals surface area contributed by atoms with Crippen LogP contribution in [0.15, 0.2) is 60.7 Å². The fourth-order valence-electron chi connectivity index (χ4n) is 3.17. The van der Waals surface area contributed by atoms with E-state index >= 15 is 0 Å². The first-order valence-corrected chi connectivity index (χ1v) is 9.78. The Morgan fingerprint density at radius 1 is 1.10 bits per heavy atom. The highest BCUT2D eigenvalue weighted by Gasteiger charge is 2.24. The molecule has 1 fully saturated rings. The van der Waals surface area contributed by atoms with Crippen LogP contribution in [-0.2, 0) is 11.4 Å². The minimum absolute atomic E-state index is 0.120. The van der Waals surface area contributed by atoms with Crippen LogP contribution in [0.2, 0.25) is 5.02 Å². The smallest absolute Gasteiger partial charge is 0.290 e. The van der Waals surface area contributed by atoms with Gasteiger partial charge < -0.3 is 15.2 Å². The highest BCUT2D eigenvalue weighted by Crippen LogP contribution is 2.36. The number of hydrogen-bond donors (Lipinski definition) is 2. The Balaban J connectivity index is 0.000000755. The van der Waals surface area contributed by atoms with Gasteiger partial charge in [-0.2, -0.15) is 0 Å². The number of fused-ring (bicyclic) bond motifs is 1. The highest BCUT2D eigenvalue weighted by atomic mass is 35.5. The Morgan fingerprint density at radius 3 is 2.34 bits per heavy atom. The average Bonchev–Trinajstić information content (AvgIpc) is 2.71. The summed E-state index contributed by atoms with van der Waals surface area (Å²) in [5.41, 5.74) is 1.55. The Labute approximate surface area is 174 Å². The molecule has 0 aromatic heterocycles. The molecule has 0 spiro atoms. The molecule has 0 unspecified atom stereocenters. The Bertz CT molecular complexity index is 987. The van der Waals surface area contributed by atoms with Gasteiger partial charge in [0.25, 0.3) is 12.4 Å². The molecule has 1 amide bonds. The molecule has 1 aliphatic rings. The van der Waals surface area contributed by atoms with Crippen LogP contribution in [0.5, 0.6) is 5.75 Å². The summed E-state index contributed by atoms with van der Waals surface area (Å²) >= 11 is 6.44. The van der Waals surface area contributed by atoms with Gasteiger partial charge in [0.1, 0.15) is 12.4 Å². The van der Waals surface area contributed by atoms with Gasteiger partial charge >= 0.3 is 0 Å². The zero-order valence-corrected chi connectivity index (χ0v) is 16.6. The molecule has 0 radical (unpaired) electrons. The van der Waals surface area contributed by atoms with Crippen molar-refractivity contribution in [1.29, 1.82) is 0 Å². The van der Waals surface area contributed by atoms with E-state index in [2.05, 4.69) is 5.32 Å². The molecule has 6 heteroatoms. The van der Waals surface area contributed by atoms with E-state index in [1.165, 1.54) is 6.42 Å². The van der Waals surface area contributed by atoms with Gasteiger partial charge in [0.05, 0.1) is 5.56 Å². The second-order valence-corrected chi connectivity index (χ2v) is 7.17. The maximum Gasteiger partial charge on any atom is 0.290 e. The van der Waals surface area contributed by atoms with Crippen molar-refractivity contribution in [3.63, 3.8) is 0 Å². The zero-order valence-electron chi connectivity index (χ0n) is 15.8. The fraction of sp³-hybridized carbons (Fsp3) is 0.217. The van der Waals surface area contributed by atoms with Crippen molar-refractivity contribution in [3.8, 4) is 5.75 Å². The molecule has 0 saturated heterocycles. The molecule has 3 aromatic rings. The molecule has 0 aliphatic heterocycles. The molecular weight excluding hydrogens is 390 g/mol. The largest absolute Gasteiger partial charge is 0.487 e. The van der Waals surface area contributed by atoms with E-state index in [9.17, 15) is 4.79 Å². The predicted octanol–water partition coefficient (Wildman–Crippen LogP) is 5.06. The lowest BCUT2D eigenvalue weighted by atomic mass is 9.92. The molecule has 0 heterocycles. The second kappa shape index (κ2) is 9.94. The Morgan fingerprint density at radius 2 is 1.72 bits per heavy atom. The lowest BCUT2D eigenvalue weighted by Crippen LogP contribution is -2.39. The van der Waals surface area contributed by atoms with Crippen molar-refractivity contribution in [1.82, 2.24) is 5.32 Å². The molecule has 0 bridgehead atoms. The number of rotatable bonds is 5. The highest BCUT2D eigenvalue weighted by molar-refractivity contribution is 6.36. The van der Waals surface area contributed by atoms with Crippen molar-refractivity contribution in [2.75, 3.05) is 0 Å². The number of hydrogen-bond acceptors (Lipinski definition) is 3. The van der Waals surface area contributed by atoms with Crippen molar-refractivity contribution in [2.24, 2.45) is 0 Å². The lowest BCUT2D eigenvalue weighted by Gasteiger charge is -2.27. The first kappa shape index (κ1) is 20.7. The SMILES string of the molecule is O=C(NC1CCC1)c1cc(Cl)c2ccccc2c1OCc1ccccc1.O=CO. The summed E-state index contributed by atoms with van der Waals surface area (Å²) in [5.74, 6) is 0.469. The summed E-state index contributed by atoms with van der Waals surface area (Å²) in [6.07, 6.45) is 3.24. The second-order valence-electron chi connectivity index (χ2n) is 6.76. The fourth-order valence-corrected chi connectivity index (χ4v) is 3.45. The van der Waals surface area contributed by atoms with Crippen molar-refractivity contribution in [3.05, 3.63) is 76.8 Å². The summed E-state index contributed by atoms with van der Waals surface area (Å²) in [5, 5.41) is 12.3. The molecule has 5 nitrogen and oxygen atoms in total. The van der Waals surface area contributed by atoms with E-state index in [-0.39, 0.29) is 18.4 Å². The van der Waals surface area contributed by atoms with E-state index in [4.69, 9.17) is 26.2 Å². The first-order chi connectivity index (χ1) is 14.1. The van der Waals surface area contributed by atoms with Gasteiger partial charge in [0.2, 0.25) is 0 Å². The lowest BCUT2D eigenvalue weighted by molar-refractivity contribution is -0.122. The summed E-state index contributed by atoms with van der Waals surface area (Å²) in [7, 11) is 0. The van der Waals surface area contributed by atoms with E-state index in [1.54, 1.807) is 6.07 Å². The maximum atomic E-state index is 12.8. The minimum atomic E-state index is -0.250. The molecule has 4 rings (SSSR count). The van der Waals surface area contributed by atoms with Gasteiger partial charge in [-0.15, -0.1) is 0 Å². The van der Waals surface area contributed by atoms with Gasteiger partial charge in [0, 0.05) is 21.8 Å². The molecular formula is C23H22ClNO4. The molecule has 3 aromatic carbocycles. The minimum Gasteiger partial charge on any atom is -0.487 e. The standard InChI is InChI=1S/C22H20ClNO2.CH2O2/c23-20-13-19(22(25)24-16-9-6-10-16)21(18-12-5-4-11-17(18)20)26-14-15-7-2-1-3-8-15;2-1-3/h1-5,7-8,11-13,16H,6,9-10,14H2,(H,24,25);1H,(H,2,3). The molecule has 2 N–H and O–H groups in total. The number of benzene rings is 3. The maximum absolute atomic E-state index is 12.8. The Hall–Kier alpha value is -3.05. The van der Waals surface area contributed by atoms with Gasteiger partial charge in [-0.1, -0.05) is 66.2 Å². The number of halogens is 1. The van der Waals surface area contributed by atoms with Gasteiger partial charge in [-0.25, -0.2) is 0 Å². The number of carbonyl (C=O) groups excluding carboxylic acids is 1. The zero-order chi connectivity index (χ0) is 20.6. The number of carboxylic acid groups (broad SMARTS) is 1. The van der Waals surface area contributed by atoms with Crippen LogP contribution in [0, 0.1) is 0 Å². The topological polar surface area (TPSA) is 75.6 Å². The molecule has 29 heavy (non-hydrogen) atoms. The summed E-state index contributed by atoms with van der Waals surface area (Å²) in [6.45, 7) is 0.149. The van der Waals surface area contributed by atoms with E-state index in [0.29, 0.717) is 22.9 Å². The van der Waals surface area contributed by atoms with Crippen LogP contribution in [0.3, 0.4) is 0 Å². The van der Waals surface area contributed by atoms with Crippen LogP contribution >= 0.6 is 11.6 Å². The third kappa shape index (κ3) is 5.06. The Kier molecular flexibility index (Phi) is 7.09. The van der Waals surface area contributed by atoms with Crippen molar-refractivity contribution < 1.29 is 19.4 Å². The van der Waals surface area contributed by atoms with Crippen LogP contribution in [0.1, 0.15) is 35.2 Å². The third-order valence-electron chi connectivity index (χ3n) is 4.86. The van der Waals surface area contributed by atoms with Crippen LogP contribution in [0.4, 0.5) is 0 Å².